The fourth-order valence-electron chi connectivity index (χ4n) is 4.17. The average Bonchev–Trinajstić information content (AvgIpc) is 3.61. The Morgan fingerprint density at radius 2 is 1.73 bits per heavy atom. The molecule has 0 N–H and O–H groups in total. The first-order valence-electron chi connectivity index (χ1n) is 11.2. The maximum Gasteiger partial charge on any atom is 0.211 e. The number of unbranched alkanes of at least 4 members (excludes halogenated alkanes) is 1. The van der Waals surface area contributed by atoms with E-state index in [0.717, 1.165) is 53.0 Å². The van der Waals surface area contributed by atoms with Crippen LogP contribution in [0.25, 0.3) is 11.1 Å². The number of ether oxygens (including phenoxy) is 2. The SMILES string of the molecule is CCCCc1nc(Cl)c(C2OCCO2)n1Cc1ccc(-c2ccccc2C2N=NN=N2)cc1. The molecule has 0 amide bonds. The summed E-state index contributed by atoms with van der Waals surface area (Å²) in [5, 5.41) is 16.0. The molecule has 1 aromatic heterocycles. The first-order chi connectivity index (χ1) is 16.2. The third-order valence-electron chi connectivity index (χ3n) is 5.85. The highest BCUT2D eigenvalue weighted by molar-refractivity contribution is 6.30. The lowest BCUT2D eigenvalue weighted by Crippen LogP contribution is -2.13. The average molecular weight is 465 g/mol. The second kappa shape index (κ2) is 9.91. The summed E-state index contributed by atoms with van der Waals surface area (Å²) in [5.74, 6) is 0.960. The van der Waals surface area contributed by atoms with E-state index < -0.39 is 6.29 Å². The van der Waals surface area contributed by atoms with Crippen LogP contribution >= 0.6 is 11.6 Å². The van der Waals surface area contributed by atoms with Crippen molar-refractivity contribution in [3.63, 3.8) is 0 Å². The van der Waals surface area contributed by atoms with Crippen molar-refractivity contribution in [2.24, 2.45) is 20.7 Å². The van der Waals surface area contributed by atoms with Crippen molar-refractivity contribution in [3.8, 4) is 11.1 Å². The van der Waals surface area contributed by atoms with Gasteiger partial charge in [-0.1, -0.05) is 73.5 Å². The van der Waals surface area contributed by atoms with Gasteiger partial charge >= 0.3 is 0 Å². The van der Waals surface area contributed by atoms with Crippen LogP contribution in [-0.4, -0.2) is 22.8 Å². The molecule has 1 saturated heterocycles. The van der Waals surface area contributed by atoms with Gasteiger partial charge in [-0.05, 0) is 33.6 Å². The molecule has 0 bridgehead atoms. The summed E-state index contributed by atoms with van der Waals surface area (Å²) in [6.45, 7) is 3.93. The molecule has 0 radical (unpaired) electrons. The van der Waals surface area contributed by atoms with Crippen LogP contribution in [0.5, 0.6) is 0 Å². The normalized spacial score (nSPS) is 16.3. The number of rotatable bonds is 8. The van der Waals surface area contributed by atoms with Gasteiger partial charge in [0.1, 0.15) is 11.5 Å². The van der Waals surface area contributed by atoms with Gasteiger partial charge in [0.05, 0.1) is 13.2 Å². The van der Waals surface area contributed by atoms with E-state index in [0.29, 0.717) is 24.9 Å². The summed E-state index contributed by atoms with van der Waals surface area (Å²) in [5.41, 5.74) is 5.08. The minimum absolute atomic E-state index is 0.385. The Morgan fingerprint density at radius 3 is 2.45 bits per heavy atom. The van der Waals surface area contributed by atoms with Crippen LogP contribution in [0.2, 0.25) is 5.15 Å². The molecule has 33 heavy (non-hydrogen) atoms. The van der Waals surface area contributed by atoms with E-state index in [1.807, 2.05) is 18.2 Å². The van der Waals surface area contributed by atoms with Crippen LogP contribution in [0.15, 0.2) is 69.2 Å². The Kier molecular flexibility index (Phi) is 6.57. The quantitative estimate of drug-likeness (QED) is 0.382. The predicted octanol–water partition coefficient (Wildman–Crippen LogP) is 6.47. The zero-order valence-corrected chi connectivity index (χ0v) is 19.1. The van der Waals surface area contributed by atoms with Gasteiger partial charge in [-0.2, -0.15) is 0 Å². The fraction of sp³-hybridized carbons (Fsp3) is 0.375. The maximum atomic E-state index is 6.54. The Hall–Kier alpha value is -2.94. The minimum Gasteiger partial charge on any atom is -0.345 e. The summed E-state index contributed by atoms with van der Waals surface area (Å²) in [4.78, 5) is 4.64. The number of hydrogen-bond donors (Lipinski definition) is 0. The van der Waals surface area contributed by atoms with Crippen LogP contribution in [-0.2, 0) is 22.4 Å². The number of aryl methyl sites for hydroxylation is 1. The number of nitrogens with zero attached hydrogens (tertiary/aromatic N) is 6. The smallest absolute Gasteiger partial charge is 0.211 e. The van der Waals surface area contributed by atoms with Gasteiger partial charge in [-0.3, -0.25) is 0 Å². The molecule has 0 unspecified atom stereocenters. The first-order valence-corrected chi connectivity index (χ1v) is 11.6. The van der Waals surface area contributed by atoms with Gasteiger partial charge < -0.3 is 14.0 Å². The topological polar surface area (TPSA) is 85.7 Å². The molecule has 3 aromatic rings. The molecule has 8 nitrogen and oxygen atoms in total. The molecule has 2 aliphatic heterocycles. The Balaban J connectivity index is 1.43. The van der Waals surface area contributed by atoms with Crippen molar-refractivity contribution in [3.05, 3.63) is 76.3 Å². The molecule has 3 heterocycles. The third-order valence-corrected chi connectivity index (χ3v) is 6.12. The van der Waals surface area contributed by atoms with Gasteiger partial charge in [-0.15, -0.1) is 10.2 Å². The van der Waals surface area contributed by atoms with Gasteiger partial charge in [0.2, 0.25) is 12.5 Å². The van der Waals surface area contributed by atoms with E-state index in [4.69, 9.17) is 21.1 Å². The molecule has 0 atom stereocenters. The molecule has 1 fully saturated rings. The molecule has 9 heteroatoms. The standard InChI is InChI=1S/C24H25ClN6O2/c1-2-3-8-20-26-22(25)21(24-32-13-14-33-24)31(20)15-16-9-11-17(12-10-16)18-6-4-5-7-19(18)23-27-29-30-28-23/h4-7,9-12,23-24H,2-3,8,13-15H2,1H3. The van der Waals surface area contributed by atoms with Gasteiger partial charge in [0.25, 0.3) is 0 Å². The van der Waals surface area contributed by atoms with E-state index in [-0.39, 0.29) is 6.17 Å². The summed E-state index contributed by atoms with van der Waals surface area (Å²) >= 11 is 6.54. The van der Waals surface area contributed by atoms with Crippen LogP contribution in [0.4, 0.5) is 0 Å². The second-order valence-corrected chi connectivity index (χ2v) is 8.39. The molecule has 0 saturated carbocycles. The van der Waals surface area contributed by atoms with Gasteiger partial charge in [-0.25, -0.2) is 4.98 Å². The highest BCUT2D eigenvalue weighted by atomic mass is 35.5. The molecule has 2 aromatic carbocycles. The van der Waals surface area contributed by atoms with Crippen molar-refractivity contribution in [1.29, 1.82) is 0 Å². The summed E-state index contributed by atoms with van der Waals surface area (Å²) in [6, 6.07) is 16.6. The molecule has 5 rings (SSSR count). The lowest BCUT2D eigenvalue weighted by molar-refractivity contribution is -0.0495. The Labute approximate surface area is 197 Å². The van der Waals surface area contributed by atoms with Crippen molar-refractivity contribution in [2.75, 3.05) is 13.2 Å². The predicted molar refractivity (Wildman–Crippen MR) is 124 cm³/mol. The minimum atomic E-state index is -0.471. The van der Waals surface area contributed by atoms with Crippen molar-refractivity contribution >= 4 is 11.6 Å². The summed E-state index contributed by atoms with van der Waals surface area (Å²) in [7, 11) is 0. The van der Waals surface area contributed by atoms with Crippen molar-refractivity contribution < 1.29 is 9.47 Å². The van der Waals surface area contributed by atoms with Gasteiger partial charge in [0, 0.05) is 18.5 Å². The lowest BCUT2D eigenvalue weighted by Gasteiger charge is -2.16. The highest BCUT2D eigenvalue weighted by Gasteiger charge is 2.28. The summed E-state index contributed by atoms with van der Waals surface area (Å²) in [6.07, 6.45) is 2.14. The highest BCUT2D eigenvalue weighted by Crippen LogP contribution is 2.34. The fourth-order valence-corrected chi connectivity index (χ4v) is 4.46. The number of benzene rings is 2. The first kappa shape index (κ1) is 21.9. The maximum absolute atomic E-state index is 6.54. The van der Waals surface area contributed by atoms with Crippen LogP contribution in [0.1, 0.15) is 54.9 Å². The molecular formula is C24H25ClN6O2. The second-order valence-electron chi connectivity index (χ2n) is 8.03. The third kappa shape index (κ3) is 4.59. The van der Waals surface area contributed by atoms with E-state index in [9.17, 15) is 0 Å². The molecule has 0 spiro atoms. The number of imidazole rings is 1. The monoisotopic (exact) mass is 464 g/mol. The summed E-state index contributed by atoms with van der Waals surface area (Å²) < 4.78 is 13.7. The van der Waals surface area contributed by atoms with Crippen molar-refractivity contribution in [1.82, 2.24) is 9.55 Å². The van der Waals surface area contributed by atoms with E-state index in [2.05, 4.69) is 67.5 Å². The Bertz CT molecular complexity index is 1160. The zero-order valence-electron chi connectivity index (χ0n) is 18.4. The number of halogens is 1. The molecule has 0 aliphatic carbocycles. The largest absolute Gasteiger partial charge is 0.345 e. The molecule has 170 valence electrons. The van der Waals surface area contributed by atoms with Crippen LogP contribution in [0, 0.1) is 0 Å². The van der Waals surface area contributed by atoms with E-state index in [1.54, 1.807) is 0 Å². The van der Waals surface area contributed by atoms with Crippen molar-refractivity contribution in [2.45, 2.75) is 45.2 Å². The molecule has 2 aliphatic rings. The van der Waals surface area contributed by atoms with Crippen LogP contribution < -0.4 is 0 Å². The van der Waals surface area contributed by atoms with E-state index in [1.165, 1.54) is 0 Å². The van der Waals surface area contributed by atoms with Gasteiger partial charge in [0.15, 0.2) is 5.15 Å². The number of aromatic nitrogens is 2. The Morgan fingerprint density at radius 1 is 1.00 bits per heavy atom. The number of hydrogen-bond acceptors (Lipinski definition) is 7. The van der Waals surface area contributed by atoms with Crippen LogP contribution in [0.3, 0.4) is 0 Å². The molecular weight excluding hydrogens is 440 g/mol. The van der Waals surface area contributed by atoms with E-state index >= 15 is 0 Å². The lowest BCUT2D eigenvalue weighted by atomic mass is 9.97. The zero-order chi connectivity index (χ0) is 22.6.